The number of hydrogen-bond donors (Lipinski definition) is 7. The van der Waals surface area contributed by atoms with Gasteiger partial charge in [-0.05, 0) is 51.9 Å². The lowest BCUT2D eigenvalue weighted by Gasteiger charge is -2.53. The van der Waals surface area contributed by atoms with E-state index in [0.29, 0.717) is 19.4 Å². The molecule has 6 atom stereocenters. The number of benzene rings is 1. The molecule has 41 heavy (non-hydrogen) atoms. The first-order chi connectivity index (χ1) is 19.1. The second kappa shape index (κ2) is 9.65. The maximum Gasteiger partial charge on any atom is 0.320 e. The number of ketones is 2. The van der Waals surface area contributed by atoms with Crippen LogP contribution in [-0.4, -0.2) is 109 Å². The number of nitrogens with one attached hydrogen (secondary N) is 1. The van der Waals surface area contributed by atoms with E-state index in [4.69, 9.17) is 0 Å². The third-order valence-electron chi connectivity index (χ3n) is 9.09. The summed E-state index contributed by atoms with van der Waals surface area (Å²) in [6, 6.07) is 2.08. The molecule has 4 aliphatic rings. The van der Waals surface area contributed by atoms with Crippen molar-refractivity contribution in [2.75, 3.05) is 27.3 Å². The summed E-state index contributed by atoms with van der Waals surface area (Å²) in [5, 5.41) is 68.3. The molecule has 7 N–H and O–H groups in total. The van der Waals surface area contributed by atoms with Crippen molar-refractivity contribution in [3.8, 4) is 5.75 Å². The maximum atomic E-state index is 14.1. The highest BCUT2D eigenvalue weighted by atomic mass is 16.4. The first-order valence-corrected chi connectivity index (χ1v) is 13.3. The van der Waals surface area contributed by atoms with E-state index in [9.17, 15) is 49.8 Å². The minimum Gasteiger partial charge on any atom is -0.508 e. The number of aliphatic hydroxyl groups excluding tert-OH is 2. The van der Waals surface area contributed by atoms with Crippen LogP contribution in [0.15, 0.2) is 35.1 Å². The minimum absolute atomic E-state index is 0.145. The Hall–Kier alpha value is -3.78. The molecule has 2 fully saturated rings. The molecule has 0 spiro atoms. The Morgan fingerprint density at radius 1 is 1.15 bits per heavy atom. The Labute approximate surface area is 235 Å². The van der Waals surface area contributed by atoms with Gasteiger partial charge in [0.1, 0.15) is 28.9 Å². The van der Waals surface area contributed by atoms with E-state index in [1.807, 2.05) is 0 Å². The molecule has 0 bridgehead atoms. The highest BCUT2D eigenvalue weighted by molar-refractivity contribution is 6.25. The van der Waals surface area contributed by atoms with Crippen LogP contribution in [0.5, 0.6) is 5.75 Å². The molecule has 1 aromatic carbocycles. The normalized spacial score (nSPS) is 33.5. The van der Waals surface area contributed by atoms with Crippen LogP contribution in [0, 0.1) is 11.8 Å². The number of fused-ring (bicyclic) bond motifs is 3. The van der Waals surface area contributed by atoms with Crippen molar-refractivity contribution in [1.29, 1.82) is 0 Å². The molecule has 1 saturated heterocycles. The molecule has 1 heterocycles. The second-order valence-electron chi connectivity index (χ2n) is 11.6. The van der Waals surface area contributed by atoms with Crippen molar-refractivity contribution in [2.24, 2.45) is 11.8 Å². The number of phenols is 1. The van der Waals surface area contributed by atoms with E-state index < -0.39 is 87.0 Å². The zero-order valence-electron chi connectivity index (χ0n) is 22.8. The van der Waals surface area contributed by atoms with Gasteiger partial charge in [0.05, 0.1) is 23.9 Å². The predicted molar refractivity (Wildman–Crippen MR) is 141 cm³/mol. The van der Waals surface area contributed by atoms with Crippen molar-refractivity contribution >= 4 is 29.2 Å². The maximum absolute atomic E-state index is 14.1. The highest BCUT2D eigenvalue weighted by Crippen LogP contribution is 2.57. The Morgan fingerprint density at radius 2 is 1.83 bits per heavy atom. The average Bonchev–Trinajstić information content (AvgIpc) is 3.37. The van der Waals surface area contributed by atoms with Gasteiger partial charge >= 0.3 is 5.97 Å². The van der Waals surface area contributed by atoms with Crippen LogP contribution in [0.1, 0.15) is 37.3 Å². The predicted octanol–water partition coefficient (Wildman–Crippen LogP) is -0.234. The molecule has 0 radical (unpaired) electrons. The Morgan fingerprint density at radius 3 is 2.46 bits per heavy atom. The van der Waals surface area contributed by atoms with Gasteiger partial charge in [-0.2, -0.15) is 0 Å². The zero-order valence-corrected chi connectivity index (χ0v) is 22.8. The molecular formula is C28H33N3O10. The number of carbonyl (C=O) groups is 4. The van der Waals surface area contributed by atoms with E-state index in [2.05, 4.69) is 5.32 Å². The van der Waals surface area contributed by atoms with Crippen molar-refractivity contribution < 1.29 is 49.8 Å². The molecule has 3 aliphatic carbocycles. The van der Waals surface area contributed by atoms with Gasteiger partial charge in [0.2, 0.25) is 5.78 Å². The third kappa shape index (κ3) is 3.98. The average molecular weight is 572 g/mol. The molecule has 0 aromatic heterocycles. The topological polar surface area (TPSA) is 208 Å². The van der Waals surface area contributed by atoms with Crippen LogP contribution in [0.4, 0.5) is 0 Å². The van der Waals surface area contributed by atoms with E-state index >= 15 is 0 Å². The number of amides is 1. The number of carboxylic acid groups (broad SMARTS) is 1. The number of Topliss-reactive ketones (excluding diaryl/α,β-unsaturated/α-hetero) is 2. The standard InChI is InChI=1S/C28H33N3O10/c1-27(40)12-6-4-8-16(32)17(12)21(33)18-13(27)10-14-20(30(2)3)22(34)19(24(36)28(14,41)23(18)35)25(37)29-11-31-9-5-7-15(31)26(38)39/h4,6,8,13-15,20,32-33,36,40-41H,5,7,9-11H2,1-3H3,(H,29,37)(H,38,39). The van der Waals surface area contributed by atoms with Gasteiger partial charge < -0.3 is 36.0 Å². The molecule has 6 unspecified atom stereocenters. The summed E-state index contributed by atoms with van der Waals surface area (Å²) < 4.78 is 0. The van der Waals surface area contributed by atoms with Crippen LogP contribution < -0.4 is 5.32 Å². The summed E-state index contributed by atoms with van der Waals surface area (Å²) >= 11 is 0. The smallest absolute Gasteiger partial charge is 0.320 e. The molecule has 1 aliphatic heterocycles. The van der Waals surface area contributed by atoms with Crippen LogP contribution in [-0.2, 0) is 24.8 Å². The monoisotopic (exact) mass is 571 g/mol. The number of nitrogens with zero attached hydrogens (tertiary/aromatic N) is 2. The number of carbonyl (C=O) groups excluding carboxylic acids is 3. The fraction of sp³-hybridized carbons (Fsp3) is 0.500. The summed E-state index contributed by atoms with van der Waals surface area (Å²) in [5.41, 5.74) is -6.00. The number of aliphatic carboxylic acids is 1. The summed E-state index contributed by atoms with van der Waals surface area (Å²) in [7, 11) is 3.00. The lowest BCUT2D eigenvalue weighted by molar-refractivity contribution is -0.159. The molecule has 13 nitrogen and oxygen atoms in total. The SMILES string of the molecule is CN(C)C1C(=O)C(C(=O)NCN2CCCC2C(=O)O)=C(O)C2(O)C(=O)C3=C(O)c4c(O)cccc4C(C)(O)C3CC12. The minimum atomic E-state index is -2.83. The molecule has 1 amide bonds. The molecule has 13 heteroatoms. The van der Waals surface area contributed by atoms with E-state index in [1.165, 1.54) is 49.0 Å². The summed E-state index contributed by atoms with van der Waals surface area (Å²) in [4.78, 5) is 55.5. The van der Waals surface area contributed by atoms with E-state index in [1.54, 1.807) is 0 Å². The summed E-state index contributed by atoms with van der Waals surface area (Å²) in [6.45, 7) is 1.52. The Bertz CT molecular complexity index is 1430. The van der Waals surface area contributed by atoms with Crippen LogP contribution >= 0.6 is 0 Å². The van der Waals surface area contributed by atoms with Gasteiger partial charge in [0.25, 0.3) is 5.91 Å². The fourth-order valence-corrected chi connectivity index (χ4v) is 7.04. The third-order valence-corrected chi connectivity index (χ3v) is 9.09. The van der Waals surface area contributed by atoms with Crippen LogP contribution in [0.3, 0.4) is 0 Å². The van der Waals surface area contributed by atoms with Crippen molar-refractivity contribution in [1.82, 2.24) is 15.1 Å². The van der Waals surface area contributed by atoms with E-state index in [0.717, 1.165) is 0 Å². The van der Waals surface area contributed by atoms with Crippen LogP contribution in [0.2, 0.25) is 0 Å². The molecule has 1 saturated carbocycles. The largest absolute Gasteiger partial charge is 0.508 e. The number of aliphatic hydroxyl groups is 4. The number of likely N-dealkylation sites (tertiary alicyclic amines) is 1. The van der Waals surface area contributed by atoms with Crippen molar-refractivity contribution in [3.05, 3.63) is 46.2 Å². The van der Waals surface area contributed by atoms with Gasteiger partial charge in [0, 0.05) is 24.0 Å². The second-order valence-corrected chi connectivity index (χ2v) is 11.6. The van der Waals surface area contributed by atoms with Crippen molar-refractivity contribution in [3.63, 3.8) is 0 Å². The van der Waals surface area contributed by atoms with Gasteiger partial charge in [-0.25, -0.2) is 0 Å². The lowest BCUT2D eigenvalue weighted by atomic mass is 9.54. The number of rotatable bonds is 5. The van der Waals surface area contributed by atoms with E-state index in [-0.39, 0.29) is 24.2 Å². The van der Waals surface area contributed by atoms with Gasteiger partial charge in [-0.1, -0.05) is 12.1 Å². The summed E-state index contributed by atoms with van der Waals surface area (Å²) in [5.74, 6) is -8.99. The molecule has 1 aromatic rings. The number of carboxylic acids is 1. The van der Waals surface area contributed by atoms with Gasteiger partial charge in [-0.3, -0.25) is 29.0 Å². The van der Waals surface area contributed by atoms with Gasteiger partial charge in [0.15, 0.2) is 11.4 Å². The molecule has 5 rings (SSSR count). The summed E-state index contributed by atoms with van der Waals surface area (Å²) in [6.07, 6.45) is 0.713. The van der Waals surface area contributed by atoms with Crippen LogP contribution in [0.25, 0.3) is 5.76 Å². The quantitative estimate of drug-likeness (QED) is 0.229. The first-order valence-electron chi connectivity index (χ1n) is 13.3. The highest BCUT2D eigenvalue weighted by Gasteiger charge is 2.66. The van der Waals surface area contributed by atoms with Crippen molar-refractivity contribution in [2.45, 2.75) is 49.5 Å². The zero-order chi connectivity index (χ0) is 30.2. The number of aromatic hydroxyl groups is 1. The Balaban J connectivity index is 1.61. The fourth-order valence-electron chi connectivity index (χ4n) is 7.04. The number of likely N-dealkylation sites (N-methyl/N-ethyl adjacent to an activating group) is 1. The first kappa shape index (κ1) is 28.7. The molecule has 220 valence electrons. The van der Waals surface area contributed by atoms with Gasteiger partial charge in [-0.15, -0.1) is 0 Å². The lowest BCUT2D eigenvalue weighted by Crippen LogP contribution is -2.67. The molecular weight excluding hydrogens is 538 g/mol. The number of phenolic OH excluding ortho intramolecular Hbond substituents is 1. The number of hydrogen-bond acceptors (Lipinski definition) is 11. The Kier molecular flexibility index (Phi) is 6.77.